The van der Waals surface area contributed by atoms with Crippen molar-refractivity contribution in [3.8, 4) is 0 Å². The van der Waals surface area contributed by atoms with Crippen molar-refractivity contribution in [2.45, 2.75) is 167 Å². The summed E-state index contributed by atoms with van der Waals surface area (Å²) in [6.45, 7) is 18.0. The zero-order valence-electron chi connectivity index (χ0n) is 51.5. The Kier molecular flexibility index (Phi) is 30.8. The number of rotatable bonds is 23. The van der Waals surface area contributed by atoms with Gasteiger partial charge in [0, 0.05) is 67.9 Å². The summed E-state index contributed by atoms with van der Waals surface area (Å²) in [4.78, 5) is 126. The molecule has 31 heteroatoms. The van der Waals surface area contributed by atoms with Crippen LogP contribution in [-0.2, 0) is 60.4 Å². The standard InChI is InChI=1S/C56H86N14O11S6/c1-27(2)40-51(79)58-29(5)46(74)63-38(24-36-18-16-15-17-19-36)49(77)68-43(44(72)39-25-69(12)26-70(39)13)50(78)57-21-22-86-35(11)42(52(80)65-40)67-47(75)31(7)60-54(83)33(9)62-53(82)32(8)59-45(73)30(6)61-55(84)37(20-23-87(14)81)64-56(85)41(28(3)4)66-48(76)34(10)71/h15-19,21-22,25,27-33,35,37-38,40-44,72H,20,23-24,26H2,1-14H3,(H,57,78)(H,58,79)(H,59,73)(H,60,83)(H,61,84)(H,62,82)(H,63,74)(H,64,85)(H,65,80)(H,66,76)(H,67,75)(H,68,77). The molecule has 0 spiro atoms. The first-order chi connectivity index (χ1) is 40.6. The fourth-order valence-electron chi connectivity index (χ4n) is 8.60. The monoisotopic (exact) mass is 1320 g/mol. The van der Waals surface area contributed by atoms with Gasteiger partial charge in [0.2, 0.25) is 47.1 Å². The maximum absolute atomic E-state index is 14.4. The fraction of sp³-hybridized carbons (Fsp3) is 0.589. The molecule has 0 aromatic heterocycles. The number of hydrogen-bond acceptors (Lipinski definition) is 18. The lowest BCUT2D eigenvalue weighted by atomic mass is 10.0. The Hall–Kier alpha value is -6.25. The third-order valence-electron chi connectivity index (χ3n) is 13.9. The summed E-state index contributed by atoms with van der Waals surface area (Å²) in [6.07, 6.45) is 3.10. The van der Waals surface area contributed by atoms with Crippen molar-refractivity contribution in [2.24, 2.45) is 11.8 Å². The number of nitrogens with one attached hydrogen (secondary N) is 12. The Bertz CT molecular complexity index is 2790. The van der Waals surface area contributed by atoms with E-state index in [-0.39, 0.29) is 44.5 Å². The van der Waals surface area contributed by atoms with Gasteiger partial charge in [-0.1, -0.05) is 114 Å². The van der Waals surface area contributed by atoms with E-state index >= 15 is 0 Å². The van der Waals surface area contributed by atoms with Gasteiger partial charge in [-0.25, -0.2) is 0 Å². The molecule has 25 nitrogen and oxygen atoms in total. The first-order valence-electron chi connectivity index (χ1n) is 28.2. The zero-order chi connectivity index (χ0) is 65.7. The number of nitrogens with zero attached hydrogens (tertiary/aromatic N) is 2. The highest BCUT2D eigenvalue weighted by atomic mass is 32.2. The molecule has 0 aliphatic carbocycles. The quantitative estimate of drug-likeness (QED) is 0.0476. The minimum Gasteiger partial charge on any atom is -0.384 e. The molecule has 1 aromatic carbocycles. The average Bonchev–Trinajstić information content (AvgIpc) is 3.96. The number of carbonyl (C=O) groups is 9. The molecular weight excluding hydrogens is 1240 g/mol. The lowest BCUT2D eigenvalue weighted by molar-refractivity contribution is -0.137. The molecular formula is C56H86N14O11S6. The second-order valence-corrected chi connectivity index (χ2v) is 26.8. The van der Waals surface area contributed by atoms with Crippen molar-refractivity contribution in [3.05, 3.63) is 59.4 Å². The highest BCUT2D eigenvalue weighted by Gasteiger charge is 2.39. The molecule has 0 saturated carbocycles. The third kappa shape index (κ3) is 24.0. The van der Waals surface area contributed by atoms with Crippen LogP contribution >= 0.6 is 60.6 Å². The van der Waals surface area contributed by atoms with Crippen LogP contribution < -0.4 is 63.8 Å². The van der Waals surface area contributed by atoms with Crippen molar-refractivity contribution in [1.82, 2.24) is 73.6 Å². The number of Topliss-reactive ketones (excluding diaryl/α,β-unsaturated/α-hetero) is 1. The van der Waals surface area contributed by atoms with Crippen molar-refractivity contribution in [1.29, 1.82) is 0 Å². The van der Waals surface area contributed by atoms with E-state index in [2.05, 4.69) is 63.8 Å². The molecule has 14 atom stereocenters. The number of likely N-dealkylation sites (N-methyl/N-ethyl adjacent to an activating group) is 1. The van der Waals surface area contributed by atoms with Gasteiger partial charge < -0.3 is 78.7 Å². The smallest absolute Gasteiger partial charge is 0.287 e. The molecule has 482 valence electrons. The van der Waals surface area contributed by atoms with Crippen LogP contribution in [0.3, 0.4) is 0 Å². The maximum Gasteiger partial charge on any atom is 0.287 e. The summed E-state index contributed by atoms with van der Waals surface area (Å²) in [5, 5.41) is 46.1. The van der Waals surface area contributed by atoms with E-state index in [0.717, 1.165) is 18.7 Å². The molecule has 0 bridgehead atoms. The van der Waals surface area contributed by atoms with E-state index < -0.39 is 148 Å². The largest absolute Gasteiger partial charge is 0.384 e. The number of aliphatic hydroxyl groups excluding tert-OH is 1. The molecule has 14 unspecified atom stereocenters. The summed E-state index contributed by atoms with van der Waals surface area (Å²) in [5.41, 5.74) is 0.994. The van der Waals surface area contributed by atoms with Crippen LogP contribution in [0.25, 0.3) is 0 Å². The summed E-state index contributed by atoms with van der Waals surface area (Å²) < 4.78 is 12.1. The number of thioether (sulfide) groups is 1. The Balaban J connectivity index is 1.79. The molecule has 2 heterocycles. The maximum atomic E-state index is 14.4. The van der Waals surface area contributed by atoms with E-state index in [1.165, 1.54) is 31.7 Å². The van der Waals surface area contributed by atoms with Gasteiger partial charge in [-0.3, -0.25) is 47.4 Å². The van der Waals surface area contributed by atoms with Crippen LogP contribution in [0.1, 0.15) is 88.1 Å². The van der Waals surface area contributed by atoms with Gasteiger partial charge in [0.15, 0.2) is 0 Å². The summed E-state index contributed by atoms with van der Waals surface area (Å²) in [7, 11) is 2.27. The van der Waals surface area contributed by atoms with E-state index in [9.17, 15) is 52.5 Å². The molecule has 13 N–H and O–H groups in total. The highest BCUT2D eigenvalue weighted by Crippen LogP contribution is 2.21. The number of benzene rings is 1. The minimum absolute atomic E-state index is 0.0239. The van der Waals surface area contributed by atoms with Crippen molar-refractivity contribution >= 4 is 144 Å². The van der Waals surface area contributed by atoms with Crippen LogP contribution in [0, 0.1) is 11.8 Å². The first kappa shape index (κ1) is 75.0. The lowest BCUT2D eigenvalue weighted by Gasteiger charge is -2.30. The van der Waals surface area contributed by atoms with Crippen molar-refractivity contribution in [2.75, 3.05) is 32.8 Å². The summed E-state index contributed by atoms with van der Waals surface area (Å²) in [6, 6.07) is -2.72. The normalized spacial score (nSPS) is 22.6. The van der Waals surface area contributed by atoms with Crippen molar-refractivity contribution in [3.63, 3.8) is 0 Å². The topological polar surface area (TPSA) is 342 Å². The number of amides is 8. The van der Waals surface area contributed by atoms with E-state index in [0.29, 0.717) is 17.9 Å². The third-order valence-corrected chi connectivity index (χ3v) is 17.4. The SMILES string of the molecule is CC(=O)C(=O)NC(C(=S)NC(CCS(C)=O)C(=S)NC(C)C(=O)NC(C)C(=S)NC(C)C(=S)NC(C)C(=O)NC1C(=O)NC(C(C)C)C(=O)NC(C)C(=O)NC(Cc2ccccc2)C(=O)NC(C(O)C2=CN(C)CN2C)C(=O)NC=CSC1C)C(C)C. The van der Waals surface area contributed by atoms with Gasteiger partial charge >= 0.3 is 0 Å². The molecule has 0 saturated heterocycles. The molecule has 0 radical (unpaired) electrons. The highest BCUT2D eigenvalue weighted by molar-refractivity contribution is 8.02. The second kappa shape index (κ2) is 35.7. The van der Waals surface area contributed by atoms with Crippen molar-refractivity contribution < 1.29 is 52.5 Å². The van der Waals surface area contributed by atoms with Crippen LogP contribution in [-0.4, -0.2) is 203 Å². The van der Waals surface area contributed by atoms with E-state index in [4.69, 9.17) is 48.9 Å². The molecule has 3 rings (SSSR count). The molecule has 1 aromatic rings. The molecule has 8 amide bonds. The fourth-order valence-corrected chi connectivity index (χ4v) is 11.2. The number of hydrogen-bond donors (Lipinski definition) is 13. The van der Waals surface area contributed by atoms with Crippen LogP contribution in [0.2, 0.25) is 0 Å². The average molecular weight is 1320 g/mol. The number of ketones is 1. The number of carbonyl (C=O) groups excluding carboxylic acids is 9. The zero-order valence-corrected chi connectivity index (χ0v) is 56.4. The van der Waals surface area contributed by atoms with E-state index in [1.807, 2.05) is 13.8 Å². The molecule has 2 aliphatic rings. The van der Waals surface area contributed by atoms with Gasteiger partial charge in [0.05, 0.1) is 56.5 Å². The predicted octanol–water partition coefficient (Wildman–Crippen LogP) is -0.706. The number of aliphatic hydroxyl groups is 1. The minimum atomic E-state index is -1.59. The van der Waals surface area contributed by atoms with Gasteiger partial charge in [-0.15, -0.1) is 11.8 Å². The van der Waals surface area contributed by atoms with Gasteiger partial charge in [0.25, 0.3) is 5.91 Å². The van der Waals surface area contributed by atoms with Gasteiger partial charge in [-0.2, -0.15) is 0 Å². The lowest BCUT2D eigenvalue weighted by Crippen LogP contribution is -2.62. The Morgan fingerprint density at radius 2 is 1.28 bits per heavy atom. The van der Waals surface area contributed by atoms with Crippen LogP contribution in [0.5, 0.6) is 0 Å². The number of thiocarbonyl (C=S) groups is 4. The molecule has 87 heavy (non-hydrogen) atoms. The Morgan fingerprint density at radius 3 is 1.84 bits per heavy atom. The van der Waals surface area contributed by atoms with E-state index in [1.54, 1.807) is 102 Å². The van der Waals surface area contributed by atoms with Crippen LogP contribution in [0.4, 0.5) is 0 Å². The van der Waals surface area contributed by atoms with Gasteiger partial charge in [0.1, 0.15) is 48.4 Å². The van der Waals surface area contributed by atoms with Gasteiger partial charge in [-0.05, 0) is 63.8 Å². The predicted molar refractivity (Wildman–Crippen MR) is 353 cm³/mol. The summed E-state index contributed by atoms with van der Waals surface area (Å²) >= 11 is 23.7. The Labute approximate surface area is 538 Å². The first-order valence-corrected chi connectivity index (χ1v) is 32.5. The second-order valence-electron chi connectivity index (χ2n) is 22.2. The molecule has 0 fully saturated rings. The van der Waals surface area contributed by atoms with Crippen LogP contribution in [0.15, 0.2) is 53.8 Å². The summed E-state index contributed by atoms with van der Waals surface area (Å²) in [5.74, 6) is -7.03. The Morgan fingerprint density at radius 1 is 0.701 bits per heavy atom. The molecule has 2 aliphatic heterocycles.